The molecule has 7 rings (SSSR count). The molecular formula is C53H63ClO7. The van der Waals surface area contributed by atoms with E-state index in [-0.39, 0.29) is 24.0 Å². The molecule has 0 unspecified atom stereocenters. The van der Waals surface area contributed by atoms with Crippen LogP contribution in [0.4, 0.5) is 0 Å². The second kappa shape index (κ2) is 19.1. The SMILES string of the molecule is CO[C@H]1O[C@H](COCc2ccccc2)[C@@H](OCc2cc(C(C)(C)C)cc3c2Oc2c(CCl)cc(C(C)(C)C)cc2C3(C)C)[C@H](OCc2ccccc2)[C@H]1OCc1ccccc1. The van der Waals surface area contributed by atoms with Gasteiger partial charge in [-0.25, -0.2) is 0 Å². The van der Waals surface area contributed by atoms with E-state index in [2.05, 4.69) is 104 Å². The van der Waals surface area contributed by atoms with Crippen LogP contribution < -0.4 is 4.74 Å². The standard InChI is InChI=1S/C53H63ClO7/c1-51(2,3)40-25-38(29-54)45-42(27-40)53(7,8)43-28-41(52(4,5)6)26-39(46(43)61-45)33-59-47-44(34-56-30-35-19-13-10-14-20-35)60-50(55-9)49(58-32-37-23-17-12-18-24-37)48(47)57-31-36-21-15-11-16-22-36/h10-28,44,47-50H,29-34H2,1-9H3/t44-,47-,48+,49-,50+/m1/s1. The van der Waals surface area contributed by atoms with E-state index in [0.717, 1.165) is 50.4 Å². The lowest BCUT2D eigenvalue weighted by molar-refractivity contribution is -0.323. The third-order valence-electron chi connectivity index (χ3n) is 12.0. The second-order valence-corrected chi connectivity index (χ2v) is 19.2. The summed E-state index contributed by atoms with van der Waals surface area (Å²) in [6.45, 7) is 19.6. The van der Waals surface area contributed by atoms with E-state index < -0.39 is 36.1 Å². The predicted molar refractivity (Wildman–Crippen MR) is 242 cm³/mol. The Labute approximate surface area is 368 Å². The highest BCUT2D eigenvalue weighted by Gasteiger charge is 2.49. The Morgan fingerprint density at radius 3 is 1.52 bits per heavy atom. The summed E-state index contributed by atoms with van der Waals surface area (Å²) in [5.74, 6) is 1.95. The molecule has 2 heterocycles. The van der Waals surface area contributed by atoms with Crippen molar-refractivity contribution in [2.24, 2.45) is 0 Å². The highest BCUT2D eigenvalue weighted by Crippen LogP contribution is 2.53. The number of halogens is 1. The van der Waals surface area contributed by atoms with Crippen LogP contribution in [-0.4, -0.2) is 44.4 Å². The number of hydrogen-bond donors (Lipinski definition) is 0. The quantitative estimate of drug-likeness (QED) is 0.0972. The Hall–Kier alpha value is -4.05. The van der Waals surface area contributed by atoms with Crippen LogP contribution in [0.5, 0.6) is 11.5 Å². The summed E-state index contributed by atoms with van der Waals surface area (Å²) in [5.41, 5.74) is 9.10. The molecule has 7 nitrogen and oxygen atoms in total. The summed E-state index contributed by atoms with van der Waals surface area (Å²) in [5, 5.41) is 0. The van der Waals surface area contributed by atoms with Gasteiger partial charge >= 0.3 is 0 Å². The first-order chi connectivity index (χ1) is 29.2. The average molecular weight is 848 g/mol. The number of alkyl halides is 1. The first kappa shape index (κ1) is 45.0. The van der Waals surface area contributed by atoms with Gasteiger partial charge in [-0.3, -0.25) is 0 Å². The number of hydrogen-bond acceptors (Lipinski definition) is 7. The van der Waals surface area contributed by atoms with Crippen molar-refractivity contribution in [3.05, 3.63) is 165 Å². The van der Waals surface area contributed by atoms with Crippen LogP contribution in [0, 0.1) is 0 Å². The number of ether oxygens (including phenoxy) is 7. The summed E-state index contributed by atoms with van der Waals surface area (Å²) in [4.78, 5) is 0. The fourth-order valence-electron chi connectivity index (χ4n) is 8.22. The molecule has 5 aromatic rings. The van der Waals surface area contributed by atoms with Gasteiger partial charge in [0.2, 0.25) is 0 Å². The number of benzene rings is 5. The van der Waals surface area contributed by atoms with Crippen molar-refractivity contribution < 1.29 is 33.2 Å². The lowest BCUT2D eigenvalue weighted by atomic mass is 9.71. The molecule has 1 fully saturated rings. The topological polar surface area (TPSA) is 64.6 Å². The summed E-state index contributed by atoms with van der Waals surface area (Å²) in [7, 11) is 1.64. The van der Waals surface area contributed by atoms with Gasteiger partial charge in [0, 0.05) is 34.8 Å². The molecule has 5 atom stereocenters. The van der Waals surface area contributed by atoms with Crippen LogP contribution in [0.2, 0.25) is 0 Å². The van der Waals surface area contributed by atoms with Gasteiger partial charge in [-0.1, -0.05) is 165 Å². The van der Waals surface area contributed by atoms with Crippen molar-refractivity contribution in [3.63, 3.8) is 0 Å². The lowest BCUT2D eigenvalue weighted by Crippen LogP contribution is -2.61. The molecule has 2 aliphatic heterocycles. The molecule has 0 amide bonds. The Morgan fingerprint density at radius 1 is 0.574 bits per heavy atom. The van der Waals surface area contributed by atoms with Gasteiger partial charge < -0.3 is 33.2 Å². The zero-order valence-corrected chi connectivity index (χ0v) is 38.1. The van der Waals surface area contributed by atoms with E-state index in [4.69, 9.17) is 44.8 Å². The number of fused-ring (bicyclic) bond motifs is 2. The minimum atomic E-state index is -0.751. The van der Waals surface area contributed by atoms with E-state index >= 15 is 0 Å². The Kier molecular flexibility index (Phi) is 14.1. The van der Waals surface area contributed by atoms with Crippen molar-refractivity contribution in [1.82, 2.24) is 0 Å². The molecule has 0 bridgehead atoms. The summed E-state index contributed by atoms with van der Waals surface area (Å²) in [6, 6.07) is 39.4. The van der Waals surface area contributed by atoms with Crippen LogP contribution in [0.1, 0.15) is 105 Å². The monoisotopic (exact) mass is 846 g/mol. The van der Waals surface area contributed by atoms with Gasteiger partial charge in [0.1, 0.15) is 35.9 Å². The fraction of sp³-hybridized carbons (Fsp3) is 0.434. The van der Waals surface area contributed by atoms with E-state index in [1.807, 2.05) is 66.7 Å². The first-order valence-electron chi connectivity index (χ1n) is 21.5. The van der Waals surface area contributed by atoms with E-state index in [0.29, 0.717) is 25.7 Å². The zero-order valence-electron chi connectivity index (χ0n) is 37.3. The van der Waals surface area contributed by atoms with Gasteiger partial charge in [-0.05, 0) is 44.7 Å². The van der Waals surface area contributed by atoms with Crippen molar-refractivity contribution in [3.8, 4) is 11.5 Å². The molecule has 5 aromatic carbocycles. The van der Waals surface area contributed by atoms with Crippen molar-refractivity contribution >= 4 is 11.6 Å². The van der Waals surface area contributed by atoms with Gasteiger partial charge in [-0.15, -0.1) is 11.6 Å². The third-order valence-corrected chi connectivity index (χ3v) is 12.3. The Bertz CT molecular complexity index is 2190. The van der Waals surface area contributed by atoms with Crippen LogP contribution >= 0.6 is 11.6 Å². The van der Waals surface area contributed by atoms with Crippen LogP contribution in [0.15, 0.2) is 115 Å². The molecule has 324 valence electrons. The van der Waals surface area contributed by atoms with Crippen molar-refractivity contribution in [2.75, 3.05) is 13.7 Å². The second-order valence-electron chi connectivity index (χ2n) is 19.0. The van der Waals surface area contributed by atoms with E-state index in [9.17, 15) is 0 Å². The normalized spacial score (nSPS) is 21.0. The largest absolute Gasteiger partial charge is 0.456 e. The van der Waals surface area contributed by atoms with Crippen LogP contribution in [0.3, 0.4) is 0 Å². The molecule has 8 heteroatoms. The minimum absolute atomic E-state index is 0.0640. The molecule has 0 radical (unpaired) electrons. The Balaban J connectivity index is 1.28. The average Bonchev–Trinajstić information content (AvgIpc) is 3.24. The predicted octanol–water partition coefficient (Wildman–Crippen LogP) is 12.1. The smallest absolute Gasteiger partial charge is 0.186 e. The highest BCUT2D eigenvalue weighted by molar-refractivity contribution is 6.17. The number of methoxy groups -OCH3 is 1. The summed E-state index contributed by atoms with van der Waals surface area (Å²) >= 11 is 6.72. The maximum absolute atomic E-state index is 7.20. The van der Waals surface area contributed by atoms with Gasteiger partial charge in [0.05, 0.1) is 38.9 Å². The molecule has 0 spiro atoms. The molecule has 0 aliphatic carbocycles. The van der Waals surface area contributed by atoms with Gasteiger partial charge in [0.15, 0.2) is 6.29 Å². The summed E-state index contributed by atoms with van der Waals surface area (Å²) < 4.78 is 47.1. The molecule has 1 saturated heterocycles. The maximum Gasteiger partial charge on any atom is 0.186 e. The van der Waals surface area contributed by atoms with E-state index in [1.165, 1.54) is 11.1 Å². The summed E-state index contributed by atoms with van der Waals surface area (Å²) in [6.07, 6.45) is -3.18. The van der Waals surface area contributed by atoms with Gasteiger partial charge in [0.25, 0.3) is 0 Å². The molecule has 0 saturated carbocycles. The fourth-order valence-corrected chi connectivity index (χ4v) is 8.42. The zero-order chi connectivity index (χ0) is 43.4. The molecule has 0 aromatic heterocycles. The van der Waals surface area contributed by atoms with Crippen molar-refractivity contribution in [1.29, 1.82) is 0 Å². The molecule has 0 N–H and O–H groups in total. The molecule has 2 aliphatic rings. The first-order valence-corrected chi connectivity index (χ1v) is 22.0. The minimum Gasteiger partial charge on any atom is -0.456 e. The maximum atomic E-state index is 7.20. The lowest BCUT2D eigenvalue weighted by Gasteiger charge is -2.45. The number of rotatable bonds is 15. The van der Waals surface area contributed by atoms with Crippen LogP contribution in [-0.2, 0) is 77.0 Å². The third kappa shape index (κ3) is 10.4. The Morgan fingerprint density at radius 2 is 1.03 bits per heavy atom. The highest BCUT2D eigenvalue weighted by atomic mass is 35.5. The molecular weight excluding hydrogens is 784 g/mol. The molecule has 61 heavy (non-hydrogen) atoms. The van der Waals surface area contributed by atoms with E-state index in [1.54, 1.807) is 7.11 Å². The van der Waals surface area contributed by atoms with Crippen molar-refractivity contribution in [2.45, 2.75) is 135 Å². The van der Waals surface area contributed by atoms with Gasteiger partial charge in [-0.2, -0.15) is 0 Å². The van der Waals surface area contributed by atoms with Crippen LogP contribution in [0.25, 0.3) is 0 Å².